The fourth-order valence-corrected chi connectivity index (χ4v) is 3.17. The van der Waals surface area contributed by atoms with Crippen LogP contribution in [0.3, 0.4) is 0 Å². The van der Waals surface area contributed by atoms with Crippen LogP contribution in [0.2, 0.25) is 0 Å². The summed E-state index contributed by atoms with van der Waals surface area (Å²) in [5, 5.41) is 2.89. The maximum absolute atomic E-state index is 12.7. The molecule has 2 aromatic rings. The molecule has 1 N–H and O–H groups in total. The largest absolute Gasteiger partial charge is 0.496 e. The van der Waals surface area contributed by atoms with Gasteiger partial charge in [0.25, 0.3) is 5.91 Å². The number of ether oxygens (including phenoxy) is 1. The first-order valence-corrected chi connectivity index (χ1v) is 9.08. The van der Waals surface area contributed by atoms with Crippen molar-refractivity contribution in [3.05, 3.63) is 59.7 Å². The van der Waals surface area contributed by atoms with Crippen LogP contribution in [0.4, 0.5) is 5.69 Å². The summed E-state index contributed by atoms with van der Waals surface area (Å²) < 4.78 is 5.31. The first kappa shape index (κ1) is 18.9. The first-order valence-electron chi connectivity index (χ1n) is 9.08. The van der Waals surface area contributed by atoms with E-state index in [9.17, 15) is 9.59 Å². The topological polar surface area (TPSA) is 61.9 Å². The molecule has 0 aromatic heterocycles. The molecule has 2 amide bonds. The SMILES string of the molecule is COc1cc(C(=O)N2CCN(CC(=O)Nc3ccccc3)CC2)ccc1C. The Morgan fingerprint density at radius 1 is 1.04 bits per heavy atom. The molecule has 3 rings (SSSR count). The number of piperazine rings is 1. The van der Waals surface area contributed by atoms with Gasteiger partial charge in [-0.2, -0.15) is 0 Å². The van der Waals surface area contributed by atoms with Crippen LogP contribution in [-0.4, -0.2) is 61.4 Å². The molecule has 0 spiro atoms. The van der Waals surface area contributed by atoms with Gasteiger partial charge >= 0.3 is 0 Å². The van der Waals surface area contributed by atoms with Gasteiger partial charge in [0, 0.05) is 37.4 Å². The standard InChI is InChI=1S/C21H25N3O3/c1-16-8-9-17(14-19(16)27-2)21(26)24-12-10-23(11-13-24)15-20(25)22-18-6-4-3-5-7-18/h3-9,14H,10-13,15H2,1-2H3,(H,22,25). The van der Waals surface area contributed by atoms with Crippen molar-refractivity contribution in [2.45, 2.75) is 6.92 Å². The minimum absolute atomic E-state index is 0.00156. The van der Waals surface area contributed by atoms with E-state index in [0.717, 1.165) is 17.0 Å². The highest BCUT2D eigenvalue weighted by Gasteiger charge is 2.23. The lowest BCUT2D eigenvalue weighted by molar-refractivity contribution is -0.117. The molecule has 6 nitrogen and oxygen atoms in total. The van der Waals surface area contributed by atoms with Crippen LogP contribution < -0.4 is 10.1 Å². The molecule has 6 heteroatoms. The zero-order valence-electron chi connectivity index (χ0n) is 15.8. The Kier molecular flexibility index (Phi) is 6.08. The molecule has 0 saturated carbocycles. The maximum Gasteiger partial charge on any atom is 0.254 e. The van der Waals surface area contributed by atoms with E-state index >= 15 is 0 Å². The van der Waals surface area contributed by atoms with Crippen molar-refractivity contribution in [2.24, 2.45) is 0 Å². The Hall–Kier alpha value is -2.86. The Morgan fingerprint density at radius 3 is 2.41 bits per heavy atom. The zero-order valence-corrected chi connectivity index (χ0v) is 15.8. The Morgan fingerprint density at radius 2 is 1.74 bits per heavy atom. The number of rotatable bonds is 5. The van der Waals surface area contributed by atoms with Crippen molar-refractivity contribution in [2.75, 3.05) is 45.2 Å². The summed E-state index contributed by atoms with van der Waals surface area (Å²) in [6.45, 7) is 4.84. The molecule has 2 aromatic carbocycles. The van der Waals surface area contributed by atoms with Crippen LogP contribution in [0.5, 0.6) is 5.75 Å². The molecule has 0 bridgehead atoms. The van der Waals surface area contributed by atoms with Gasteiger partial charge in [-0.1, -0.05) is 24.3 Å². The van der Waals surface area contributed by atoms with Crippen LogP contribution >= 0.6 is 0 Å². The number of para-hydroxylation sites is 1. The van der Waals surface area contributed by atoms with Gasteiger partial charge in [-0.05, 0) is 36.8 Å². The highest BCUT2D eigenvalue weighted by molar-refractivity contribution is 5.95. The quantitative estimate of drug-likeness (QED) is 0.882. The molecule has 1 aliphatic rings. The highest BCUT2D eigenvalue weighted by atomic mass is 16.5. The highest BCUT2D eigenvalue weighted by Crippen LogP contribution is 2.20. The van der Waals surface area contributed by atoms with Crippen molar-refractivity contribution in [1.82, 2.24) is 9.80 Å². The minimum atomic E-state index is -0.0377. The third-order valence-electron chi connectivity index (χ3n) is 4.74. The molecule has 0 unspecified atom stereocenters. The first-order chi connectivity index (χ1) is 13.1. The van der Waals surface area contributed by atoms with Gasteiger partial charge in [0.15, 0.2) is 0 Å². The number of nitrogens with one attached hydrogen (secondary N) is 1. The van der Waals surface area contributed by atoms with Crippen molar-refractivity contribution >= 4 is 17.5 Å². The molecule has 1 fully saturated rings. The summed E-state index contributed by atoms with van der Waals surface area (Å²) in [6, 6.07) is 14.9. The summed E-state index contributed by atoms with van der Waals surface area (Å²) in [4.78, 5) is 28.8. The minimum Gasteiger partial charge on any atom is -0.496 e. The van der Waals surface area contributed by atoms with Crippen molar-refractivity contribution < 1.29 is 14.3 Å². The number of nitrogens with zero attached hydrogens (tertiary/aromatic N) is 2. The molecule has 27 heavy (non-hydrogen) atoms. The van der Waals surface area contributed by atoms with Crippen molar-refractivity contribution in [3.8, 4) is 5.75 Å². The average molecular weight is 367 g/mol. The van der Waals surface area contributed by atoms with E-state index in [1.54, 1.807) is 13.2 Å². The van der Waals surface area contributed by atoms with Gasteiger partial charge in [-0.25, -0.2) is 0 Å². The number of carbonyl (C=O) groups excluding carboxylic acids is 2. The van der Waals surface area contributed by atoms with Gasteiger partial charge in [0.1, 0.15) is 5.75 Å². The van der Waals surface area contributed by atoms with Gasteiger partial charge < -0.3 is 15.0 Å². The van der Waals surface area contributed by atoms with Crippen LogP contribution in [-0.2, 0) is 4.79 Å². The molecule has 1 aliphatic heterocycles. The second-order valence-corrected chi connectivity index (χ2v) is 6.67. The van der Waals surface area contributed by atoms with E-state index in [-0.39, 0.29) is 11.8 Å². The third-order valence-corrected chi connectivity index (χ3v) is 4.74. The summed E-state index contributed by atoms with van der Waals surface area (Å²) in [6.07, 6.45) is 0. The third kappa shape index (κ3) is 4.86. The normalized spacial score (nSPS) is 14.7. The van der Waals surface area contributed by atoms with Crippen LogP contribution in [0.25, 0.3) is 0 Å². The van der Waals surface area contributed by atoms with E-state index in [1.165, 1.54) is 0 Å². The van der Waals surface area contributed by atoms with Crippen LogP contribution in [0, 0.1) is 6.92 Å². The van der Waals surface area contributed by atoms with Gasteiger partial charge in [0.2, 0.25) is 5.91 Å². The lowest BCUT2D eigenvalue weighted by Crippen LogP contribution is -2.50. The maximum atomic E-state index is 12.7. The number of methoxy groups -OCH3 is 1. The number of benzene rings is 2. The van der Waals surface area contributed by atoms with E-state index in [2.05, 4.69) is 10.2 Å². The number of amides is 2. The van der Waals surface area contributed by atoms with Crippen molar-refractivity contribution in [1.29, 1.82) is 0 Å². The second-order valence-electron chi connectivity index (χ2n) is 6.67. The summed E-state index contributed by atoms with van der Waals surface area (Å²) in [5.74, 6) is 0.683. The van der Waals surface area contributed by atoms with Gasteiger partial charge in [-0.3, -0.25) is 14.5 Å². The second kappa shape index (κ2) is 8.68. The van der Waals surface area contributed by atoms with E-state index in [1.807, 2.05) is 54.3 Å². The lowest BCUT2D eigenvalue weighted by Gasteiger charge is -2.34. The Balaban J connectivity index is 1.51. The van der Waals surface area contributed by atoms with E-state index in [0.29, 0.717) is 38.3 Å². The molecule has 0 atom stereocenters. The van der Waals surface area contributed by atoms with E-state index < -0.39 is 0 Å². The number of aryl methyl sites for hydroxylation is 1. The number of carbonyl (C=O) groups is 2. The fraction of sp³-hybridized carbons (Fsp3) is 0.333. The lowest BCUT2D eigenvalue weighted by atomic mass is 10.1. The molecule has 0 aliphatic carbocycles. The molecular weight excluding hydrogens is 342 g/mol. The van der Waals surface area contributed by atoms with Crippen LogP contribution in [0.15, 0.2) is 48.5 Å². The van der Waals surface area contributed by atoms with Gasteiger partial charge in [-0.15, -0.1) is 0 Å². The van der Waals surface area contributed by atoms with Gasteiger partial charge in [0.05, 0.1) is 13.7 Å². The fourth-order valence-electron chi connectivity index (χ4n) is 3.17. The number of hydrogen-bond acceptors (Lipinski definition) is 4. The predicted octanol–water partition coefficient (Wildman–Crippen LogP) is 2.40. The summed E-state index contributed by atoms with van der Waals surface area (Å²) in [5.41, 5.74) is 2.43. The smallest absolute Gasteiger partial charge is 0.254 e. The molecule has 0 radical (unpaired) electrons. The van der Waals surface area contributed by atoms with E-state index in [4.69, 9.17) is 4.74 Å². The van der Waals surface area contributed by atoms with Crippen molar-refractivity contribution in [3.63, 3.8) is 0 Å². The summed E-state index contributed by atoms with van der Waals surface area (Å²) >= 11 is 0. The Labute approximate surface area is 159 Å². The molecule has 1 heterocycles. The van der Waals surface area contributed by atoms with Crippen LogP contribution in [0.1, 0.15) is 15.9 Å². The molecule has 1 saturated heterocycles. The summed E-state index contributed by atoms with van der Waals surface area (Å²) in [7, 11) is 1.61. The monoisotopic (exact) mass is 367 g/mol. The molecule has 142 valence electrons. The predicted molar refractivity (Wildman–Crippen MR) is 105 cm³/mol. The average Bonchev–Trinajstić information content (AvgIpc) is 2.69. The zero-order chi connectivity index (χ0) is 19.2. The number of anilines is 1. The Bertz CT molecular complexity index is 800. The number of hydrogen-bond donors (Lipinski definition) is 1. The molecular formula is C21H25N3O3.